The molecule has 7 rings (SSSR count). The number of piperazine rings is 1. The molecule has 2 aromatic rings. The fraction of sp³-hybridized carbons (Fsp3) is 0.600. The van der Waals surface area contributed by atoms with Gasteiger partial charge in [0.15, 0.2) is 0 Å². The number of pyridine rings is 2. The largest absolute Gasteiger partial charge is 0.370 e. The lowest BCUT2D eigenvalue weighted by molar-refractivity contribution is -0.0370. The first kappa shape index (κ1) is 25.7. The van der Waals surface area contributed by atoms with E-state index in [1.807, 2.05) is 13.1 Å². The summed E-state index contributed by atoms with van der Waals surface area (Å²) >= 11 is 12.7. The highest BCUT2D eigenvalue weighted by Gasteiger charge is 2.49. The minimum atomic E-state index is -3.15. The van der Waals surface area contributed by atoms with Gasteiger partial charge in [-0.05, 0) is 50.2 Å². The van der Waals surface area contributed by atoms with Crippen LogP contribution in [-0.2, 0) is 14.8 Å². The van der Waals surface area contributed by atoms with Gasteiger partial charge in [-0.3, -0.25) is 10.4 Å². The molecule has 12 heteroatoms. The van der Waals surface area contributed by atoms with Gasteiger partial charge in [-0.2, -0.15) is 4.31 Å². The van der Waals surface area contributed by atoms with E-state index in [-0.39, 0.29) is 30.3 Å². The molecule has 0 amide bonds. The fourth-order valence-electron chi connectivity index (χ4n) is 6.71. The summed E-state index contributed by atoms with van der Waals surface area (Å²) in [4.78, 5) is 11.0. The van der Waals surface area contributed by atoms with E-state index >= 15 is 0 Å². The normalized spacial score (nSPS) is 32.6. The first-order valence-corrected chi connectivity index (χ1v) is 15.4. The van der Waals surface area contributed by atoms with E-state index in [0.29, 0.717) is 35.1 Å². The molecule has 4 aliphatic heterocycles. The lowest BCUT2D eigenvalue weighted by atomic mass is 9.78. The van der Waals surface area contributed by atoms with Crippen LogP contribution in [0.25, 0.3) is 0 Å². The molecule has 1 aliphatic carbocycles. The lowest BCUT2D eigenvalue weighted by Crippen LogP contribution is -2.70. The third-order valence-electron chi connectivity index (χ3n) is 8.36. The molecule has 0 spiro atoms. The molecule has 5 fully saturated rings. The van der Waals surface area contributed by atoms with Crippen LogP contribution < -0.4 is 15.8 Å². The van der Waals surface area contributed by atoms with Gasteiger partial charge in [-0.1, -0.05) is 29.3 Å². The molecule has 1 saturated carbocycles. The number of nitrogens with one attached hydrogen (secondary N) is 2. The molecule has 2 bridgehead atoms. The van der Waals surface area contributed by atoms with Crippen LogP contribution in [0, 0.1) is 5.92 Å². The summed E-state index contributed by atoms with van der Waals surface area (Å²) in [7, 11) is -3.15. The van der Waals surface area contributed by atoms with Crippen molar-refractivity contribution in [2.75, 3.05) is 24.2 Å². The molecule has 0 radical (unpaired) electrons. The van der Waals surface area contributed by atoms with Gasteiger partial charge in [0.05, 0.1) is 34.6 Å². The number of piperidine rings is 1. The number of fused-ring (bicyclic) bond motifs is 3. The van der Waals surface area contributed by atoms with E-state index in [2.05, 4.69) is 32.9 Å². The van der Waals surface area contributed by atoms with Gasteiger partial charge in [0, 0.05) is 55.4 Å². The van der Waals surface area contributed by atoms with E-state index in [1.54, 1.807) is 16.7 Å². The lowest BCUT2D eigenvalue weighted by Gasteiger charge is -2.54. The molecule has 9 nitrogen and oxygen atoms in total. The van der Waals surface area contributed by atoms with E-state index in [4.69, 9.17) is 32.9 Å². The Bertz CT molecular complexity index is 1230. The summed E-state index contributed by atoms with van der Waals surface area (Å²) in [6.45, 7) is 3.36. The van der Waals surface area contributed by atoms with Gasteiger partial charge in [-0.15, -0.1) is 0 Å². The summed E-state index contributed by atoms with van der Waals surface area (Å²) < 4.78 is 32.1. The summed E-state index contributed by atoms with van der Waals surface area (Å²) in [5.74, 6) is 1.27. The maximum absolute atomic E-state index is 12.0. The van der Waals surface area contributed by atoms with Crippen LogP contribution in [0.4, 0.5) is 5.82 Å². The Morgan fingerprint density at radius 1 is 1.05 bits per heavy atom. The third-order valence-corrected chi connectivity index (χ3v) is 10.3. The van der Waals surface area contributed by atoms with Gasteiger partial charge < -0.3 is 9.64 Å². The standard InChI is InChI=1S/C25H32Cl2N6O3S/c1-14(24-20(26)10-28-11-21(24)27)36-18-4-5-22-19(8-18)25(31-30-22)15-3-6-23(29-9-15)32-12-16-7-17(13-32)33(16)37(2,34)35/h3,6,9-11,14,16-19,22,25,30-31H,4-5,7-8,12-13H2,1-2H3/t14-,16?,17?,18?,19?,22?,25?/m1/s1. The average molecular weight is 568 g/mol. The van der Waals surface area contributed by atoms with Crippen LogP contribution >= 0.6 is 23.2 Å². The SMILES string of the molecule is C[C@@H](OC1CCC2NNC(c3ccc(N4CC5CC(C4)N5S(C)(=O)=O)nc3)C2C1)c1c(Cl)cncc1Cl. The van der Waals surface area contributed by atoms with Crippen LogP contribution in [0.5, 0.6) is 0 Å². The van der Waals surface area contributed by atoms with Crippen LogP contribution in [0.15, 0.2) is 30.7 Å². The summed E-state index contributed by atoms with van der Waals surface area (Å²) in [6.07, 6.45) is 10.2. The number of sulfonamides is 1. The second kappa shape index (κ2) is 9.89. The summed E-state index contributed by atoms with van der Waals surface area (Å²) in [5, 5.41) is 1.05. The molecule has 7 atom stereocenters. The predicted molar refractivity (Wildman–Crippen MR) is 143 cm³/mol. The van der Waals surface area contributed by atoms with E-state index in [9.17, 15) is 8.42 Å². The number of hydrogen-bond acceptors (Lipinski definition) is 8. The van der Waals surface area contributed by atoms with Crippen molar-refractivity contribution in [1.29, 1.82) is 0 Å². The molecule has 0 aromatic carbocycles. The monoisotopic (exact) mass is 566 g/mol. The molecule has 6 unspecified atom stereocenters. The highest BCUT2D eigenvalue weighted by atomic mass is 35.5. The van der Waals surface area contributed by atoms with Crippen molar-refractivity contribution >= 4 is 39.0 Å². The van der Waals surface area contributed by atoms with Crippen LogP contribution in [0.1, 0.15) is 55.9 Å². The fourth-order valence-corrected chi connectivity index (χ4v) is 8.77. The summed E-state index contributed by atoms with van der Waals surface area (Å²) in [6, 6.07) is 4.82. The maximum Gasteiger partial charge on any atom is 0.211 e. The number of aromatic nitrogens is 2. The Hall–Kier alpha value is -1.53. The maximum atomic E-state index is 12.0. The summed E-state index contributed by atoms with van der Waals surface area (Å²) in [5.41, 5.74) is 8.90. The van der Waals surface area contributed by atoms with Gasteiger partial charge in [0.25, 0.3) is 0 Å². The Balaban J connectivity index is 1.10. The molecular weight excluding hydrogens is 535 g/mol. The van der Waals surface area contributed by atoms with Gasteiger partial charge >= 0.3 is 0 Å². The average Bonchev–Trinajstić information content (AvgIpc) is 3.26. The molecule has 2 aromatic heterocycles. The number of rotatable bonds is 6. The minimum absolute atomic E-state index is 0.0511. The second-order valence-corrected chi connectivity index (χ2v) is 13.5. The Kier molecular flexibility index (Phi) is 6.88. The zero-order chi connectivity index (χ0) is 25.9. The number of hydrazine groups is 1. The van der Waals surface area contributed by atoms with E-state index in [0.717, 1.165) is 42.6 Å². The zero-order valence-electron chi connectivity index (χ0n) is 20.8. The number of hydrogen-bond donors (Lipinski definition) is 2. The van der Waals surface area contributed by atoms with Crippen molar-refractivity contribution in [2.24, 2.45) is 5.92 Å². The Labute approximate surface area is 227 Å². The van der Waals surface area contributed by atoms with E-state index < -0.39 is 10.0 Å². The third kappa shape index (κ3) is 4.86. The molecular formula is C25H32Cl2N6O3S. The highest BCUT2D eigenvalue weighted by Crippen LogP contribution is 2.42. The molecule has 200 valence electrons. The molecule has 2 N–H and O–H groups in total. The quantitative estimate of drug-likeness (QED) is 0.548. The highest BCUT2D eigenvalue weighted by molar-refractivity contribution is 7.88. The zero-order valence-corrected chi connectivity index (χ0v) is 23.2. The van der Waals surface area contributed by atoms with Crippen LogP contribution in [0.3, 0.4) is 0 Å². The van der Waals surface area contributed by atoms with Crippen molar-refractivity contribution < 1.29 is 13.2 Å². The van der Waals surface area contributed by atoms with Crippen molar-refractivity contribution in [2.45, 2.75) is 69.0 Å². The second-order valence-electron chi connectivity index (χ2n) is 10.8. The van der Waals surface area contributed by atoms with Crippen molar-refractivity contribution in [3.63, 3.8) is 0 Å². The molecule has 37 heavy (non-hydrogen) atoms. The topological polar surface area (TPSA) is 99.7 Å². The van der Waals surface area contributed by atoms with Gasteiger partial charge in [0.1, 0.15) is 5.82 Å². The molecule has 4 saturated heterocycles. The van der Waals surface area contributed by atoms with Crippen LogP contribution in [-0.4, -0.2) is 66.3 Å². The van der Waals surface area contributed by atoms with Crippen molar-refractivity contribution in [3.8, 4) is 0 Å². The first-order chi connectivity index (χ1) is 17.7. The van der Waals surface area contributed by atoms with Gasteiger partial charge in [-0.25, -0.2) is 18.8 Å². The first-order valence-electron chi connectivity index (χ1n) is 12.8. The van der Waals surface area contributed by atoms with Crippen molar-refractivity contribution in [1.82, 2.24) is 25.1 Å². The van der Waals surface area contributed by atoms with E-state index in [1.165, 1.54) is 6.26 Å². The number of halogens is 2. The smallest absolute Gasteiger partial charge is 0.211 e. The number of ether oxygens (including phenoxy) is 1. The van der Waals surface area contributed by atoms with Crippen LogP contribution in [0.2, 0.25) is 10.0 Å². The molecule has 5 aliphatic rings. The Morgan fingerprint density at radius 3 is 2.43 bits per heavy atom. The minimum Gasteiger partial charge on any atom is -0.370 e. The Morgan fingerprint density at radius 2 is 1.78 bits per heavy atom. The number of anilines is 1. The number of nitrogens with zero attached hydrogens (tertiary/aromatic N) is 4. The predicted octanol–water partition coefficient (Wildman–Crippen LogP) is 3.47. The molecule has 6 heterocycles. The van der Waals surface area contributed by atoms with Gasteiger partial charge in [0.2, 0.25) is 10.0 Å². The van der Waals surface area contributed by atoms with Crippen molar-refractivity contribution in [3.05, 3.63) is 51.9 Å².